The maximum absolute atomic E-state index is 13.1. The highest BCUT2D eigenvalue weighted by Gasteiger charge is 2.22. The lowest BCUT2D eigenvalue weighted by atomic mass is 9.91. The van der Waals surface area contributed by atoms with Gasteiger partial charge in [-0.3, -0.25) is 14.2 Å². The lowest BCUT2D eigenvalue weighted by Gasteiger charge is -2.16. The maximum atomic E-state index is 13.1. The van der Waals surface area contributed by atoms with E-state index in [0.29, 0.717) is 10.4 Å². The molecule has 0 aliphatic heterocycles. The Balaban J connectivity index is 1.52. The molecule has 4 aromatic rings. The summed E-state index contributed by atoms with van der Waals surface area (Å²) in [7, 11) is 0. The van der Waals surface area contributed by atoms with Gasteiger partial charge in [0.25, 0.3) is 5.91 Å². The van der Waals surface area contributed by atoms with Crippen molar-refractivity contribution in [1.82, 2.24) is 9.99 Å². The molecular formula is C26H20ClN3O4S. The average molecular weight is 506 g/mol. The number of nitrogens with one attached hydrogen (secondary N) is 1. The van der Waals surface area contributed by atoms with Gasteiger partial charge in [-0.1, -0.05) is 95.7 Å². The summed E-state index contributed by atoms with van der Waals surface area (Å²) in [5, 5.41) is 13.4. The number of thiazole rings is 1. The van der Waals surface area contributed by atoms with Crippen LogP contribution in [0.25, 0.3) is 0 Å². The van der Waals surface area contributed by atoms with Gasteiger partial charge in [-0.2, -0.15) is 5.10 Å². The van der Waals surface area contributed by atoms with E-state index >= 15 is 0 Å². The normalized spacial score (nSPS) is 11.1. The van der Waals surface area contributed by atoms with Gasteiger partial charge in [-0.15, -0.1) is 0 Å². The van der Waals surface area contributed by atoms with E-state index in [0.717, 1.165) is 22.5 Å². The molecule has 176 valence electrons. The molecule has 0 unspecified atom stereocenters. The maximum Gasteiger partial charge on any atom is 0.335 e. The third-order valence-electron chi connectivity index (χ3n) is 5.26. The van der Waals surface area contributed by atoms with Gasteiger partial charge < -0.3 is 5.11 Å². The Hall–Kier alpha value is -4.01. The first-order valence-electron chi connectivity index (χ1n) is 10.6. The summed E-state index contributed by atoms with van der Waals surface area (Å²) in [6, 6.07) is 25.0. The molecule has 35 heavy (non-hydrogen) atoms. The molecule has 4 rings (SSSR count). The zero-order valence-corrected chi connectivity index (χ0v) is 19.9. The predicted molar refractivity (Wildman–Crippen MR) is 137 cm³/mol. The lowest BCUT2D eigenvalue weighted by Crippen LogP contribution is -2.26. The van der Waals surface area contributed by atoms with Crippen LogP contribution in [0.1, 0.15) is 37.8 Å². The van der Waals surface area contributed by atoms with Crippen LogP contribution in [0.5, 0.6) is 0 Å². The molecule has 0 bridgehead atoms. The fourth-order valence-electron chi connectivity index (χ4n) is 3.61. The van der Waals surface area contributed by atoms with Gasteiger partial charge in [-0.05, 0) is 28.8 Å². The Morgan fingerprint density at radius 3 is 2.23 bits per heavy atom. The number of aromatic nitrogens is 1. The first-order chi connectivity index (χ1) is 16.9. The van der Waals surface area contributed by atoms with Crippen LogP contribution in [-0.2, 0) is 11.3 Å². The number of hydrogen-bond acceptors (Lipinski definition) is 5. The highest BCUT2D eigenvalue weighted by atomic mass is 35.5. The minimum atomic E-state index is -1.05. The standard InChI is InChI=1S/C26H20ClN3O4S/c27-23-21(35-26(34)30(23)16-17-8-7-13-20(14-17)25(32)33)15-28-29-24(31)22(18-9-3-1-4-10-18)19-11-5-2-6-12-19/h1-15,22H,16H2,(H,29,31)(H,32,33). The molecule has 9 heteroatoms. The van der Waals surface area contributed by atoms with Crippen LogP contribution in [0.3, 0.4) is 0 Å². The molecule has 7 nitrogen and oxygen atoms in total. The molecule has 0 fully saturated rings. The number of aromatic carboxylic acids is 1. The van der Waals surface area contributed by atoms with Crippen molar-refractivity contribution in [1.29, 1.82) is 0 Å². The number of carbonyl (C=O) groups is 2. The van der Waals surface area contributed by atoms with E-state index in [2.05, 4.69) is 10.5 Å². The van der Waals surface area contributed by atoms with Crippen LogP contribution in [0.2, 0.25) is 5.15 Å². The topological polar surface area (TPSA) is 101 Å². The second-order valence-electron chi connectivity index (χ2n) is 7.60. The van der Waals surface area contributed by atoms with Crippen molar-refractivity contribution >= 4 is 41.0 Å². The van der Waals surface area contributed by atoms with Crippen molar-refractivity contribution in [3.05, 3.63) is 127 Å². The number of benzene rings is 3. The van der Waals surface area contributed by atoms with Crippen LogP contribution in [-0.4, -0.2) is 27.8 Å². The van der Waals surface area contributed by atoms with E-state index in [1.54, 1.807) is 12.1 Å². The smallest absolute Gasteiger partial charge is 0.335 e. The first kappa shape index (κ1) is 24.1. The van der Waals surface area contributed by atoms with Gasteiger partial charge in [0.1, 0.15) is 5.15 Å². The molecule has 3 aromatic carbocycles. The molecule has 0 aliphatic rings. The molecule has 0 spiro atoms. The van der Waals surface area contributed by atoms with Crippen molar-refractivity contribution in [3.8, 4) is 0 Å². The summed E-state index contributed by atoms with van der Waals surface area (Å²) >= 11 is 7.29. The molecule has 1 aromatic heterocycles. The Labute approximate surface area is 209 Å². The number of carbonyl (C=O) groups excluding carboxylic acids is 1. The molecule has 1 amide bonds. The van der Waals surface area contributed by atoms with E-state index in [1.165, 1.54) is 22.9 Å². The fraction of sp³-hybridized carbons (Fsp3) is 0.0769. The van der Waals surface area contributed by atoms with Crippen molar-refractivity contribution in [2.24, 2.45) is 5.10 Å². The fourth-order valence-corrected chi connectivity index (χ4v) is 4.71. The zero-order chi connectivity index (χ0) is 24.8. The Kier molecular flexibility index (Phi) is 7.54. The minimum Gasteiger partial charge on any atom is -0.478 e. The molecular weight excluding hydrogens is 486 g/mol. The van der Waals surface area contributed by atoms with Gasteiger partial charge in [0, 0.05) is 0 Å². The van der Waals surface area contributed by atoms with Crippen molar-refractivity contribution in [3.63, 3.8) is 0 Å². The lowest BCUT2D eigenvalue weighted by molar-refractivity contribution is -0.121. The van der Waals surface area contributed by atoms with Crippen LogP contribution >= 0.6 is 22.9 Å². The predicted octanol–water partition coefficient (Wildman–Crippen LogP) is 4.59. The van der Waals surface area contributed by atoms with E-state index in [-0.39, 0.29) is 28.0 Å². The third kappa shape index (κ3) is 5.74. The molecule has 0 atom stereocenters. The molecule has 0 saturated carbocycles. The number of rotatable bonds is 8. The van der Waals surface area contributed by atoms with E-state index in [9.17, 15) is 19.5 Å². The third-order valence-corrected chi connectivity index (χ3v) is 6.69. The Morgan fingerprint density at radius 2 is 1.63 bits per heavy atom. The van der Waals surface area contributed by atoms with E-state index < -0.39 is 11.9 Å². The minimum absolute atomic E-state index is 0.111. The van der Waals surface area contributed by atoms with E-state index in [4.69, 9.17) is 11.6 Å². The molecule has 1 heterocycles. The van der Waals surface area contributed by atoms with Crippen LogP contribution in [0.15, 0.2) is 94.8 Å². The molecule has 2 N–H and O–H groups in total. The molecule has 0 saturated heterocycles. The van der Waals surface area contributed by atoms with Gasteiger partial charge >= 0.3 is 10.8 Å². The largest absolute Gasteiger partial charge is 0.478 e. The summed E-state index contributed by atoms with van der Waals surface area (Å²) in [6.45, 7) is 0.111. The summed E-state index contributed by atoms with van der Waals surface area (Å²) in [6.07, 6.45) is 1.34. The monoisotopic (exact) mass is 505 g/mol. The number of hydrogen-bond donors (Lipinski definition) is 2. The van der Waals surface area contributed by atoms with Crippen LogP contribution in [0.4, 0.5) is 0 Å². The van der Waals surface area contributed by atoms with Gasteiger partial charge in [-0.25, -0.2) is 10.2 Å². The number of amides is 1. The second-order valence-corrected chi connectivity index (χ2v) is 8.95. The number of nitrogens with zero attached hydrogens (tertiary/aromatic N) is 2. The summed E-state index contributed by atoms with van der Waals surface area (Å²) in [4.78, 5) is 36.8. The SMILES string of the molecule is O=C(O)c1cccc(Cn2c(Cl)c(C=NNC(=O)C(c3ccccc3)c3ccccc3)sc2=O)c1. The van der Waals surface area contributed by atoms with Gasteiger partial charge in [0.05, 0.1) is 29.1 Å². The van der Waals surface area contributed by atoms with E-state index in [1.807, 2.05) is 60.7 Å². The quantitative estimate of drug-likeness (QED) is 0.270. The Bertz CT molecular complexity index is 1390. The summed E-state index contributed by atoms with van der Waals surface area (Å²) < 4.78 is 1.33. The zero-order valence-electron chi connectivity index (χ0n) is 18.3. The number of carboxylic acid groups (broad SMARTS) is 1. The molecule has 0 radical (unpaired) electrons. The van der Waals surface area contributed by atoms with Gasteiger partial charge in [0.15, 0.2) is 0 Å². The van der Waals surface area contributed by atoms with Crippen LogP contribution in [0, 0.1) is 0 Å². The highest BCUT2D eigenvalue weighted by molar-refractivity contribution is 7.11. The first-order valence-corrected chi connectivity index (χ1v) is 11.8. The summed E-state index contributed by atoms with van der Waals surface area (Å²) in [5.74, 6) is -1.94. The summed E-state index contributed by atoms with van der Waals surface area (Å²) in [5.41, 5.74) is 4.95. The van der Waals surface area contributed by atoms with Crippen molar-refractivity contribution in [2.45, 2.75) is 12.5 Å². The highest BCUT2D eigenvalue weighted by Crippen LogP contribution is 2.25. The van der Waals surface area contributed by atoms with Crippen molar-refractivity contribution in [2.75, 3.05) is 0 Å². The Morgan fingerprint density at radius 1 is 1.00 bits per heavy atom. The number of halogens is 1. The second kappa shape index (κ2) is 10.9. The van der Waals surface area contributed by atoms with Gasteiger partial charge in [0.2, 0.25) is 0 Å². The number of hydrazone groups is 1. The van der Waals surface area contributed by atoms with Crippen LogP contribution < -0.4 is 10.3 Å². The number of carboxylic acids is 1. The molecule has 0 aliphatic carbocycles. The van der Waals surface area contributed by atoms with Crippen molar-refractivity contribution < 1.29 is 14.7 Å². The average Bonchev–Trinajstić information content (AvgIpc) is 3.13.